The van der Waals surface area contributed by atoms with E-state index in [1.807, 2.05) is 60.8 Å². The summed E-state index contributed by atoms with van der Waals surface area (Å²) in [7, 11) is 0. The second-order valence-electron chi connectivity index (χ2n) is 10.3. The summed E-state index contributed by atoms with van der Waals surface area (Å²) in [5.41, 5.74) is 5.33. The standard InChI is InChI=1S/C32H29N7OS2/c1-20-28(37-30(42-20)21-13-15-41-19-21)27-16-22-17-34-32(38-29(22)39(31(27)40)26-7-3-2-4-8-26)36-24-11-9-23(10-12-24)35-25-6-5-14-33-18-25/h2-4,7-13,15-17,19,25,33,35H,5-6,14,18H2,1H3,(H,34,36,38). The number of thiophene rings is 1. The van der Waals surface area contributed by atoms with Crippen molar-refractivity contribution in [2.24, 2.45) is 0 Å². The Labute approximate surface area is 251 Å². The van der Waals surface area contributed by atoms with Gasteiger partial charge in [-0.15, -0.1) is 11.3 Å². The second-order valence-corrected chi connectivity index (χ2v) is 12.3. The first-order valence-electron chi connectivity index (χ1n) is 14.0. The third-order valence-electron chi connectivity index (χ3n) is 7.38. The number of nitrogens with zero attached hydrogens (tertiary/aromatic N) is 4. The molecule has 0 aliphatic carbocycles. The Bertz CT molecular complexity index is 1890. The lowest BCUT2D eigenvalue weighted by molar-refractivity contribution is 0.480. The first kappa shape index (κ1) is 26.5. The highest BCUT2D eigenvalue weighted by Gasteiger charge is 2.20. The quantitative estimate of drug-likeness (QED) is 0.187. The minimum absolute atomic E-state index is 0.170. The Kier molecular flexibility index (Phi) is 7.25. The van der Waals surface area contributed by atoms with E-state index in [0.29, 0.717) is 28.9 Å². The van der Waals surface area contributed by atoms with E-state index in [2.05, 4.69) is 44.5 Å². The van der Waals surface area contributed by atoms with Gasteiger partial charge in [-0.25, -0.2) is 9.97 Å². The normalized spacial score (nSPS) is 15.1. The highest BCUT2D eigenvalue weighted by molar-refractivity contribution is 7.16. The van der Waals surface area contributed by atoms with Crippen molar-refractivity contribution in [1.29, 1.82) is 0 Å². The third kappa shape index (κ3) is 5.32. The van der Waals surface area contributed by atoms with Gasteiger partial charge in [-0.1, -0.05) is 18.2 Å². The number of para-hydroxylation sites is 1. The van der Waals surface area contributed by atoms with Crippen LogP contribution in [0.25, 0.3) is 38.5 Å². The van der Waals surface area contributed by atoms with Crippen molar-refractivity contribution >= 4 is 51.0 Å². The molecule has 1 fully saturated rings. The summed E-state index contributed by atoms with van der Waals surface area (Å²) in [6, 6.07) is 22.1. The smallest absolute Gasteiger partial charge is 0.266 e. The van der Waals surface area contributed by atoms with Gasteiger partial charge in [0.05, 0.1) is 16.9 Å². The van der Waals surface area contributed by atoms with Crippen molar-refractivity contribution in [1.82, 2.24) is 24.8 Å². The number of benzene rings is 2. The number of anilines is 3. The van der Waals surface area contributed by atoms with E-state index in [1.165, 1.54) is 12.8 Å². The number of piperidine rings is 1. The van der Waals surface area contributed by atoms with Crippen LogP contribution in [0.3, 0.4) is 0 Å². The molecule has 0 bridgehead atoms. The molecule has 10 heteroatoms. The minimum atomic E-state index is -0.170. The van der Waals surface area contributed by atoms with Crippen LogP contribution >= 0.6 is 22.7 Å². The topological polar surface area (TPSA) is 96.8 Å². The van der Waals surface area contributed by atoms with E-state index in [1.54, 1.807) is 33.4 Å². The van der Waals surface area contributed by atoms with Gasteiger partial charge in [-0.3, -0.25) is 9.36 Å². The van der Waals surface area contributed by atoms with Gasteiger partial charge in [0.2, 0.25) is 5.95 Å². The monoisotopic (exact) mass is 591 g/mol. The van der Waals surface area contributed by atoms with Crippen molar-refractivity contribution in [2.45, 2.75) is 25.8 Å². The van der Waals surface area contributed by atoms with Crippen LogP contribution in [0.5, 0.6) is 0 Å². The fourth-order valence-electron chi connectivity index (χ4n) is 5.29. The van der Waals surface area contributed by atoms with Crippen LogP contribution in [0.2, 0.25) is 0 Å². The molecule has 5 heterocycles. The lowest BCUT2D eigenvalue weighted by Crippen LogP contribution is -2.38. The van der Waals surface area contributed by atoms with Crippen molar-refractivity contribution in [3.63, 3.8) is 0 Å². The molecule has 8 nitrogen and oxygen atoms in total. The Morgan fingerprint density at radius 2 is 1.86 bits per heavy atom. The Morgan fingerprint density at radius 3 is 2.62 bits per heavy atom. The molecule has 42 heavy (non-hydrogen) atoms. The van der Waals surface area contributed by atoms with E-state index in [0.717, 1.165) is 51.0 Å². The van der Waals surface area contributed by atoms with E-state index in [4.69, 9.17) is 9.97 Å². The first-order valence-corrected chi connectivity index (χ1v) is 15.7. The van der Waals surface area contributed by atoms with Gasteiger partial charge in [-0.05, 0) is 80.2 Å². The molecule has 0 amide bonds. The van der Waals surface area contributed by atoms with Crippen molar-refractivity contribution in [3.05, 3.63) is 98.9 Å². The number of pyridine rings is 1. The lowest BCUT2D eigenvalue weighted by Gasteiger charge is -2.24. The second kappa shape index (κ2) is 11.5. The molecule has 210 valence electrons. The SMILES string of the molecule is Cc1sc(-c2ccsc2)nc1-c1cc2cnc(Nc3ccc(NC4CCCNC4)cc3)nc2n(-c2ccccc2)c1=O. The molecule has 0 saturated carbocycles. The van der Waals surface area contributed by atoms with E-state index < -0.39 is 0 Å². The Morgan fingerprint density at radius 1 is 1.02 bits per heavy atom. The highest BCUT2D eigenvalue weighted by Crippen LogP contribution is 2.34. The van der Waals surface area contributed by atoms with Gasteiger partial charge in [0, 0.05) is 51.4 Å². The van der Waals surface area contributed by atoms with Crippen LogP contribution in [0.1, 0.15) is 17.7 Å². The molecule has 6 aromatic rings. The van der Waals surface area contributed by atoms with Gasteiger partial charge < -0.3 is 16.0 Å². The largest absolute Gasteiger partial charge is 0.381 e. The Balaban J connectivity index is 1.25. The van der Waals surface area contributed by atoms with Crippen LogP contribution in [-0.4, -0.2) is 38.7 Å². The molecule has 1 aliphatic heterocycles. The van der Waals surface area contributed by atoms with Crippen molar-refractivity contribution < 1.29 is 0 Å². The molecule has 1 unspecified atom stereocenters. The maximum atomic E-state index is 14.1. The van der Waals surface area contributed by atoms with Gasteiger partial charge in [0.15, 0.2) is 5.65 Å². The molecule has 3 N–H and O–H groups in total. The maximum absolute atomic E-state index is 14.1. The number of hydrogen-bond acceptors (Lipinski definition) is 9. The summed E-state index contributed by atoms with van der Waals surface area (Å²) < 4.78 is 1.66. The number of rotatable bonds is 7. The average Bonchev–Trinajstić information content (AvgIpc) is 3.69. The molecule has 1 aliphatic rings. The minimum Gasteiger partial charge on any atom is -0.381 e. The average molecular weight is 592 g/mol. The highest BCUT2D eigenvalue weighted by atomic mass is 32.1. The number of aryl methyl sites for hydroxylation is 1. The fourth-order valence-corrected chi connectivity index (χ4v) is 6.93. The van der Waals surface area contributed by atoms with Gasteiger partial charge in [0.1, 0.15) is 5.01 Å². The zero-order valence-corrected chi connectivity index (χ0v) is 24.6. The van der Waals surface area contributed by atoms with Crippen LogP contribution in [0.15, 0.2) is 88.5 Å². The van der Waals surface area contributed by atoms with Crippen LogP contribution < -0.4 is 21.5 Å². The third-order valence-corrected chi connectivity index (χ3v) is 9.09. The van der Waals surface area contributed by atoms with Crippen LogP contribution in [0.4, 0.5) is 17.3 Å². The number of aromatic nitrogens is 4. The molecule has 2 aromatic carbocycles. The number of nitrogens with one attached hydrogen (secondary N) is 3. The zero-order valence-electron chi connectivity index (χ0n) is 23.0. The molecular formula is C32H29N7OS2. The van der Waals surface area contributed by atoms with Gasteiger partial charge >= 0.3 is 0 Å². The summed E-state index contributed by atoms with van der Waals surface area (Å²) in [6.45, 7) is 4.08. The predicted octanol–water partition coefficient (Wildman–Crippen LogP) is 6.85. The van der Waals surface area contributed by atoms with E-state index in [9.17, 15) is 4.79 Å². The summed E-state index contributed by atoms with van der Waals surface area (Å²) in [4.78, 5) is 29.5. The van der Waals surface area contributed by atoms with Gasteiger partial charge in [-0.2, -0.15) is 16.3 Å². The summed E-state index contributed by atoms with van der Waals surface area (Å²) in [5.74, 6) is 0.418. The predicted molar refractivity (Wildman–Crippen MR) is 174 cm³/mol. The fraction of sp³-hybridized carbons (Fsp3) is 0.188. The molecule has 0 spiro atoms. The Hall–Kier alpha value is -4.38. The van der Waals surface area contributed by atoms with E-state index >= 15 is 0 Å². The first-order chi connectivity index (χ1) is 20.6. The number of thiazole rings is 1. The number of hydrogen-bond donors (Lipinski definition) is 3. The molecule has 4 aromatic heterocycles. The lowest BCUT2D eigenvalue weighted by atomic mass is 10.1. The summed E-state index contributed by atoms with van der Waals surface area (Å²) in [5, 5.41) is 16.1. The van der Waals surface area contributed by atoms with Crippen LogP contribution in [-0.2, 0) is 0 Å². The van der Waals surface area contributed by atoms with Crippen molar-refractivity contribution in [3.8, 4) is 27.5 Å². The molecule has 0 radical (unpaired) electrons. The number of fused-ring (bicyclic) bond motifs is 1. The molecule has 1 saturated heterocycles. The maximum Gasteiger partial charge on any atom is 0.266 e. The van der Waals surface area contributed by atoms with Gasteiger partial charge in [0.25, 0.3) is 5.56 Å². The van der Waals surface area contributed by atoms with E-state index in [-0.39, 0.29) is 5.56 Å². The van der Waals surface area contributed by atoms with Crippen LogP contribution in [0, 0.1) is 6.92 Å². The summed E-state index contributed by atoms with van der Waals surface area (Å²) >= 11 is 3.23. The zero-order chi connectivity index (χ0) is 28.5. The molecule has 7 rings (SSSR count). The van der Waals surface area contributed by atoms with Crippen molar-refractivity contribution in [2.75, 3.05) is 23.7 Å². The summed E-state index contributed by atoms with van der Waals surface area (Å²) in [6.07, 6.45) is 4.12. The molecular weight excluding hydrogens is 563 g/mol. The molecule has 1 atom stereocenters.